The zero-order chi connectivity index (χ0) is 16.4. The number of hydrogen-bond acceptors (Lipinski definition) is 3. The second-order valence-electron chi connectivity index (χ2n) is 5.06. The maximum atomic E-state index is 13.0. The summed E-state index contributed by atoms with van der Waals surface area (Å²) in [7, 11) is 0. The lowest BCUT2D eigenvalue weighted by molar-refractivity contribution is 0.549. The minimum absolute atomic E-state index is 0.278. The average molecular weight is 392 g/mol. The van der Waals surface area contributed by atoms with Crippen molar-refractivity contribution in [2.75, 3.05) is 5.75 Å². The second-order valence-corrected chi connectivity index (χ2v) is 7.12. The molecule has 2 nitrogen and oxygen atoms in total. The van der Waals surface area contributed by atoms with Crippen LogP contribution in [0, 0.1) is 12.7 Å². The highest BCUT2D eigenvalue weighted by atomic mass is 79.9. The average Bonchev–Trinajstić information content (AvgIpc) is 2.90. The fourth-order valence-electron chi connectivity index (χ4n) is 2.34. The molecule has 0 aliphatic heterocycles. The fourth-order valence-corrected chi connectivity index (χ4v) is 3.56. The van der Waals surface area contributed by atoms with Crippen LogP contribution in [0.15, 0.2) is 56.4 Å². The Morgan fingerprint density at radius 1 is 1.17 bits per heavy atom. The predicted molar refractivity (Wildman–Crippen MR) is 96.2 cm³/mol. The Morgan fingerprint density at radius 2 is 1.91 bits per heavy atom. The van der Waals surface area contributed by atoms with E-state index in [9.17, 15) is 4.39 Å². The highest BCUT2D eigenvalue weighted by Crippen LogP contribution is 2.35. The number of aryl methyl sites for hydroxylation is 1. The van der Waals surface area contributed by atoms with Crippen LogP contribution < -0.4 is 0 Å². The Balaban J connectivity index is 1.99. The summed E-state index contributed by atoms with van der Waals surface area (Å²) in [6.07, 6.45) is 0. The van der Waals surface area contributed by atoms with Crippen molar-refractivity contribution in [2.45, 2.75) is 18.7 Å². The molecule has 0 unspecified atom stereocenters. The first-order valence-electron chi connectivity index (χ1n) is 7.24. The maximum Gasteiger partial charge on any atom is 0.228 e. The minimum atomic E-state index is -0.278. The van der Waals surface area contributed by atoms with Gasteiger partial charge in [-0.2, -0.15) is 0 Å². The van der Waals surface area contributed by atoms with Gasteiger partial charge in [-0.05, 0) is 70.6 Å². The van der Waals surface area contributed by atoms with Crippen molar-refractivity contribution >= 4 is 27.7 Å². The van der Waals surface area contributed by atoms with Crippen LogP contribution in [0.3, 0.4) is 0 Å². The molecule has 118 valence electrons. The van der Waals surface area contributed by atoms with Crippen LogP contribution in [0.4, 0.5) is 4.39 Å². The Morgan fingerprint density at radius 3 is 2.57 bits per heavy atom. The van der Waals surface area contributed by atoms with Crippen molar-refractivity contribution in [3.05, 3.63) is 58.5 Å². The lowest BCUT2D eigenvalue weighted by atomic mass is 10.1. The molecule has 1 aromatic heterocycles. The summed E-state index contributed by atoms with van der Waals surface area (Å²) in [6.45, 7) is 4.20. The molecule has 0 saturated heterocycles. The minimum Gasteiger partial charge on any atom is -0.429 e. The number of thioether (sulfide) groups is 1. The molecule has 0 fully saturated rings. The van der Waals surface area contributed by atoms with Gasteiger partial charge in [0.1, 0.15) is 11.5 Å². The molecule has 0 saturated carbocycles. The highest BCUT2D eigenvalue weighted by molar-refractivity contribution is 9.10. The first-order chi connectivity index (χ1) is 11.1. The van der Waals surface area contributed by atoms with Gasteiger partial charge in [0.2, 0.25) is 5.89 Å². The van der Waals surface area contributed by atoms with Crippen LogP contribution in [0.1, 0.15) is 12.5 Å². The number of rotatable bonds is 4. The van der Waals surface area contributed by atoms with Crippen molar-refractivity contribution < 1.29 is 8.81 Å². The van der Waals surface area contributed by atoms with Crippen LogP contribution in [0.5, 0.6) is 0 Å². The molecule has 5 heteroatoms. The number of halogens is 2. The molecule has 3 rings (SSSR count). The molecule has 3 aromatic rings. The zero-order valence-corrected chi connectivity index (χ0v) is 15.2. The summed E-state index contributed by atoms with van der Waals surface area (Å²) in [5.74, 6) is 1.24. The van der Waals surface area contributed by atoms with Gasteiger partial charge in [0.25, 0.3) is 0 Å². The number of hydrogen-bond donors (Lipinski definition) is 0. The summed E-state index contributed by atoms with van der Waals surface area (Å²) in [5.41, 5.74) is 3.67. The van der Waals surface area contributed by atoms with E-state index >= 15 is 0 Å². The smallest absolute Gasteiger partial charge is 0.228 e. The number of aromatic nitrogens is 1. The third-order valence-electron chi connectivity index (χ3n) is 3.44. The van der Waals surface area contributed by atoms with Gasteiger partial charge in [0.05, 0.1) is 0 Å². The second kappa shape index (κ2) is 6.89. The topological polar surface area (TPSA) is 26.0 Å². The molecule has 0 N–H and O–H groups in total. The van der Waals surface area contributed by atoms with E-state index in [0.29, 0.717) is 10.6 Å². The van der Waals surface area contributed by atoms with Gasteiger partial charge in [0.15, 0.2) is 4.67 Å². The molecule has 0 bridgehead atoms. The maximum absolute atomic E-state index is 13.0. The zero-order valence-electron chi connectivity index (χ0n) is 12.8. The molecular weight excluding hydrogens is 377 g/mol. The van der Waals surface area contributed by atoms with Gasteiger partial charge in [0, 0.05) is 16.0 Å². The molecule has 0 atom stereocenters. The molecule has 0 amide bonds. The summed E-state index contributed by atoms with van der Waals surface area (Å²) in [5, 5.41) is 0. The fraction of sp³-hybridized carbons (Fsp3) is 0.167. The predicted octanol–water partition coefficient (Wildman–Crippen LogP) is 6.33. The first kappa shape index (κ1) is 16.3. The standard InChI is InChI=1S/C18H15BrFNOS/c1-3-23-14-8-9-15(11(2)10-14)16-17(19)22-18(21-16)12-4-6-13(20)7-5-12/h4-10H,3H2,1-2H3. The Bertz CT molecular complexity index is 830. The molecule has 2 aromatic carbocycles. The van der Waals surface area contributed by atoms with Gasteiger partial charge in [-0.25, -0.2) is 9.37 Å². The van der Waals surface area contributed by atoms with E-state index in [-0.39, 0.29) is 5.82 Å². The van der Waals surface area contributed by atoms with Crippen molar-refractivity contribution in [1.82, 2.24) is 4.98 Å². The summed E-state index contributed by atoms with van der Waals surface area (Å²) in [6, 6.07) is 12.4. The largest absolute Gasteiger partial charge is 0.429 e. The van der Waals surface area contributed by atoms with Gasteiger partial charge in [-0.1, -0.05) is 13.0 Å². The normalized spacial score (nSPS) is 11.0. The molecule has 23 heavy (non-hydrogen) atoms. The van der Waals surface area contributed by atoms with E-state index in [1.165, 1.54) is 17.0 Å². The summed E-state index contributed by atoms with van der Waals surface area (Å²) >= 11 is 5.25. The van der Waals surface area contributed by atoms with Crippen LogP contribution in [0.25, 0.3) is 22.7 Å². The van der Waals surface area contributed by atoms with Gasteiger partial charge >= 0.3 is 0 Å². The number of oxazole rings is 1. The summed E-state index contributed by atoms with van der Waals surface area (Å²) in [4.78, 5) is 5.82. The van der Waals surface area contributed by atoms with Crippen molar-refractivity contribution in [1.29, 1.82) is 0 Å². The van der Waals surface area contributed by atoms with Crippen molar-refractivity contribution in [3.8, 4) is 22.7 Å². The quantitative estimate of drug-likeness (QED) is 0.485. The van der Waals surface area contributed by atoms with E-state index in [1.807, 2.05) is 11.8 Å². The molecule has 0 spiro atoms. The lowest BCUT2D eigenvalue weighted by Crippen LogP contribution is -1.86. The summed E-state index contributed by atoms with van der Waals surface area (Å²) < 4.78 is 19.3. The van der Waals surface area contributed by atoms with E-state index < -0.39 is 0 Å². The third-order valence-corrected chi connectivity index (χ3v) is 4.85. The molecule has 1 heterocycles. The van der Waals surface area contributed by atoms with E-state index in [1.54, 1.807) is 12.1 Å². The van der Waals surface area contributed by atoms with Crippen LogP contribution >= 0.6 is 27.7 Å². The molecular formula is C18H15BrFNOS. The van der Waals surface area contributed by atoms with Crippen LogP contribution in [-0.2, 0) is 0 Å². The van der Waals surface area contributed by atoms with Crippen LogP contribution in [-0.4, -0.2) is 10.7 Å². The molecule has 0 radical (unpaired) electrons. The van der Waals surface area contributed by atoms with Gasteiger partial charge in [-0.15, -0.1) is 11.8 Å². The van der Waals surface area contributed by atoms with Crippen LogP contribution in [0.2, 0.25) is 0 Å². The van der Waals surface area contributed by atoms with Crippen molar-refractivity contribution in [3.63, 3.8) is 0 Å². The van der Waals surface area contributed by atoms with Gasteiger partial charge < -0.3 is 4.42 Å². The first-order valence-corrected chi connectivity index (χ1v) is 9.02. The van der Waals surface area contributed by atoms with Crippen molar-refractivity contribution in [2.24, 2.45) is 0 Å². The molecule has 0 aliphatic carbocycles. The number of benzene rings is 2. The van der Waals surface area contributed by atoms with E-state index in [0.717, 1.165) is 28.1 Å². The van der Waals surface area contributed by atoms with Gasteiger partial charge in [-0.3, -0.25) is 0 Å². The third kappa shape index (κ3) is 3.51. The van der Waals surface area contributed by atoms with E-state index in [2.05, 4.69) is 53.0 Å². The SMILES string of the molecule is CCSc1ccc(-c2nc(-c3ccc(F)cc3)oc2Br)c(C)c1. The molecule has 0 aliphatic rings. The highest BCUT2D eigenvalue weighted by Gasteiger charge is 2.16. The Labute approximate surface area is 147 Å². The Kier molecular flexibility index (Phi) is 4.87. The number of nitrogens with zero attached hydrogens (tertiary/aromatic N) is 1. The van der Waals surface area contributed by atoms with E-state index in [4.69, 9.17) is 4.42 Å². The lowest BCUT2D eigenvalue weighted by Gasteiger charge is -2.05. The Hall–Kier alpha value is -1.59. The monoisotopic (exact) mass is 391 g/mol.